The Bertz CT molecular complexity index is 1120. The number of carbonyl (C=O) groups is 2. The zero-order valence-corrected chi connectivity index (χ0v) is 18.6. The molecule has 1 aliphatic heterocycles. The summed E-state index contributed by atoms with van der Waals surface area (Å²) in [6.45, 7) is 8.12. The average molecular weight is 434 g/mol. The van der Waals surface area contributed by atoms with Crippen LogP contribution in [-0.4, -0.2) is 54.0 Å². The smallest absolute Gasteiger partial charge is 0.360 e. The molecule has 1 saturated heterocycles. The van der Waals surface area contributed by atoms with E-state index in [0.717, 1.165) is 6.54 Å². The van der Waals surface area contributed by atoms with Crippen molar-refractivity contribution in [2.24, 2.45) is 0 Å². The van der Waals surface area contributed by atoms with E-state index in [1.807, 2.05) is 17.0 Å². The van der Waals surface area contributed by atoms with Crippen molar-refractivity contribution in [1.82, 2.24) is 9.88 Å². The summed E-state index contributed by atoms with van der Waals surface area (Å²) in [7, 11) is 0. The van der Waals surface area contributed by atoms with E-state index < -0.39 is 5.97 Å². The number of aryl methyl sites for hydroxylation is 1. The summed E-state index contributed by atoms with van der Waals surface area (Å²) in [5, 5.41) is 0. The number of piperazine rings is 1. The second-order valence-corrected chi connectivity index (χ2v) is 7.93. The highest BCUT2D eigenvalue weighted by molar-refractivity contribution is 6.03. The van der Waals surface area contributed by atoms with Gasteiger partial charge in [-0.2, -0.15) is 0 Å². The van der Waals surface area contributed by atoms with Gasteiger partial charge in [0.25, 0.3) is 5.91 Å². The highest BCUT2D eigenvalue weighted by atomic mass is 16.5. The van der Waals surface area contributed by atoms with Crippen molar-refractivity contribution in [1.29, 1.82) is 0 Å². The molecule has 1 aromatic heterocycles. The van der Waals surface area contributed by atoms with E-state index >= 15 is 0 Å². The summed E-state index contributed by atoms with van der Waals surface area (Å²) in [6, 6.07) is 15.7. The first-order valence-electron chi connectivity index (χ1n) is 10.8. The maximum Gasteiger partial charge on any atom is 0.360 e. The van der Waals surface area contributed by atoms with Gasteiger partial charge in [-0.15, -0.1) is 0 Å². The van der Waals surface area contributed by atoms with Gasteiger partial charge in [0.2, 0.25) is 0 Å². The highest BCUT2D eigenvalue weighted by Gasteiger charge is 2.30. The van der Waals surface area contributed by atoms with Crippen LogP contribution in [0.2, 0.25) is 0 Å². The number of hydrogen-bond acceptors (Lipinski definition) is 6. The number of anilines is 1. The Hall–Kier alpha value is -3.61. The van der Waals surface area contributed by atoms with Crippen LogP contribution in [0.15, 0.2) is 59.3 Å². The summed E-state index contributed by atoms with van der Waals surface area (Å²) in [5.41, 5.74) is 3.47. The SMILES string of the molecule is CCOC(=O)c1ncoc1-c1ccccc1C(=O)N1CCN(c2cccc(C)c2)C(C)C1. The minimum Gasteiger partial charge on any atom is -0.461 e. The number of hydrogen-bond donors (Lipinski definition) is 0. The van der Waals surface area contributed by atoms with E-state index in [4.69, 9.17) is 9.15 Å². The molecule has 7 nitrogen and oxygen atoms in total. The number of amides is 1. The summed E-state index contributed by atoms with van der Waals surface area (Å²) < 4.78 is 10.6. The third-order valence-corrected chi connectivity index (χ3v) is 5.69. The molecule has 0 saturated carbocycles. The van der Waals surface area contributed by atoms with Gasteiger partial charge in [-0.1, -0.05) is 30.3 Å². The van der Waals surface area contributed by atoms with Crippen LogP contribution in [0.3, 0.4) is 0 Å². The molecule has 166 valence electrons. The lowest BCUT2D eigenvalue weighted by Gasteiger charge is -2.41. The Morgan fingerprint density at radius 3 is 2.72 bits per heavy atom. The Balaban J connectivity index is 1.57. The molecule has 1 aliphatic rings. The van der Waals surface area contributed by atoms with E-state index in [-0.39, 0.29) is 30.0 Å². The van der Waals surface area contributed by atoms with Crippen LogP contribution in [0.4, 0.5) is 5.69 Å². The van der Waals surface area contributed by atoms with Gasteiger partial charge < -0.3 is 19.0 Å². The van der Waals surface area contributed by atoms with Crippen molar-refractivity contribution in [3.8, 4) is 11.3 Å². The van der Waals surface area contributed by atoms with Crippen molar-refractivity contribution in [2.45, 2.75) is 26.8 Å². The molecule has 1 atom stereocenters. The largest absolute Gasteiger partial charge is 0.461 e. The van der Waals surface area contributed by atoms with Gasteiger partial charge in [0.1, 0.15) is 0 Å². The molecule has 4 rings (SSSR count). The normalized spacial score (nSPS) is 16.2. The van der Waals surface area contributed by atoms with Gasteiger partial charge in [0.05, 0.1) is 12.2 Å². The topological polar surface area (TPSA) is 75.9 Å². The van der Waals surface area contributed by atoms with Crippen LogP contribution >= 0.6 is 0 Å². The number of ether oxygens (including phenoxy) is 1. The molecule has 0 bridgehead atoms. The zero-order valence-electron chi connectivity index (χ0n) is 18.6. The monoisotopic (exact) mass is 433 g/mol. The zero-order chi connectivity index (χ0) is 22.7. The molecular weight excluding hydrogens is 406 g/mol. The van der Waals surface area contributed by atoms with Gasteiger partial charge in [-0.3, -0.25) is 4.79 Å². The number of oxazole rings is 1. The molecule has 2 aromatic carbocycles. The molecule has 1 amide bonds. The summed E-state index contributed by atoms with van der Waals surface area (Å²) in [6.07, 6.45) is 1.20. The number of carbonyl (C=O) groups excluding carboxylic acids is 2. The fourth-order valence-electron chi connectivity index (χ4n) is 4.15. The minimum atomic E-state index is -0.570. The first-order chi connectivity index (χ1) is 15.5. The van der Waals surface area contributed by atoms with Gasteiger partial charge in [-0.25, -0.2) is 9.78 Å². The summed E-state index contributed by atoms with van der Waals surface area (Å²) in [5.74, 6) is -0.416. The van der Waals surface area contributed by atoms with E-state index in [2.05, 4.69) is 48.0 Å². The number of rotatable bonds is 5. The van der Waals surface area contributed by atoms with Crippen LogP contribution in [0.1, 0.15) is 40.3 Å². The van der Waals surface area contributed by atoms with Crippen LogP contribution in [0.5, 0.6) is 0 Å². The molecule has 0 N–H and O–H groups in total. The highest BCUT2D eigenvalue weighted by Crippen LogP contribution is 2.29. The quantitative estimate of drug-likeness (QED) is 0.562. The van der Waals surface area contributed by atoms with Crippen molar-refractivity contribution < 1.29 is 18.7 Å². The fraction of sp³-hybridized carbons (Fsp3) is 0.320. The van der Waals surface area contributed by atoms with Crippen LogP contribution < -0.4 is 4.90 Å². The van der Waals surface area contributed by atoms with Crippen molar-refractivity contribution in [2.75, 3.05) is 31.1 Å². The number of esters is 1. The van der Waals surface area contributed by atoms with Gasteiger partial charge in [0.15, 0.2) is 17.8 Å². The Kier molecular flexibility index (Phi) is 6.25. The van der Waals surface area contributed by atoms with E-state index in [9.17, 15) is 9.59 Å². The van der Waals surface area contributed by atoms with Gasteiger partial charge in [0, 0.05) is 36.9 Å². The summed E-state index contributed by atoms with van der Waals surface area (Å²) in [4.78, 5) is 34.0. The van der Waals surface area contributed by atoms with Crippen molar-refractivity contribution in [3.63, 3.8) is 0 Å². The molecule has 32 heavy (non-hydrogen) atoms. The van der Waals surface area contributed by atoms with E-state index in [1.165, 1.54) is 17.6 Å². The average Bonchev–Trinajstić information content (AvgIpc) is 3.28. The van der Waals surface area contributed by atoms with E-state index in [0.29, 0.717) is 24.2 Å². The summed E-state index contributed by atoms with van der Waals surface area (Å²) >= 11 is 0. The molecule has 0 aliphatic carbocycles. The number of aromatic nitrogens is 1. The van der Waals surface area contributed by atoms with Crippen molar-refractivity contribution >= 4 is 17.6 Å². The standard InChI is InChI=1S/C25H27N3O4/c1-4-31-25(30)22-23(32-16-26-22)20-10-5-6-11-21(20)24(29)27-12-13-28(18(3)15-27)19-9-7-8-17(2)14-19/h5-11,14,16,18H,4,12-13,15H2,1-3H3. The molecular formula is C25H27N3O4. The lowest BCUT2D eigenvalue weighted by atomic mass is 10.0. The lowest BCUT2D eigenvalue weighted by Crippen LogP contribution is -2.53. The maximum absolute atomic E-state index is 13.5. The third-order valence-electron chi connectivity index (χ3n) is 5.69. The first kappa shape index (κ1) is 21.6. The van der Waals surface area contributed by atoms with Gasteiger partial charge >= 0.3 is 5.97 Å². The fourth-order valence-corrected chi connectivity index (χ4v) is 4.15. The molecule has 0 spiro atoms. The second kappa shape index (κ2) is 9.26. The predicted octanol–water partition coefficient (Wildman–Crippen LogP) is 4.18. The molecule has 1 unspecified atom stereocenters. The molecule has 3 aromatic rings. The number of nitrogens with zero attached hydrogens (tertiary/aromatic N) is 3. The minimum absolute atomic E-state index is 0.0738. The second-order valence-electron chi connectivity index (χ2n) is 7.93. The van der Waals surface area contributed by atoms with Crippen LogP contribution in [0.25, 0.3) is 11.3 Å². The Labute approximate surface area is 187 Å². The molecule has 7 heteroatoms. The van der Waals surface area contributed by atoms with Crippen LogP contribution in [0, 0.1) is 6.92 Å². The molecule has 0 radical (unpaired) electrons. The van der Waals surface area contributed by atoms with Crippen molar-refractivity contribution in [3.05, 3.63) is 71.7 Å². The maximum atomic E-state index is 13.5. The third kappa shape index (κ3) is 4.23. The lowest BCUT2D eigenvalue weighted by molar-refractivity contribution is 0.0520. The first-order valence-corrected chi connectivity index (χ1v) is 10.8. The number of benzene rings is 2. The van der Waals surface area contributed by atoms with Gasteiger partial charge in [-0.05, 0) is 44.5 Å². The van der Waals surface area contributed by atoms with E-state index in [1.54, 1.807) is 19.1 Å². The van der Waals surface area contributed by atoms with Crippen LogP contribution in [-0.2, 0) is 4.74 Å². The Morgan fingerprint density at radius 2 is 1.97 bits per heavy atom. The predicted molar refractivity (Wildman–Crippen MR) is 122 cm³/mol. The molecule has 1 fully saturated rings. The Morgan fingerprint density at radius 1 is 1.16 bits per heavy atom. The molecule has 2 heterocycles.